The third-order valence-corrected chi connectivity index (χ3v) is 8.34. The predicted molar refractivity (Wildman–Crippen MR) is 157 cm³/mol. The summed E-state index contributed by atoms with van der Waals surface area (Å²) in [6.07, 6.45) is 8.37. The summed E-state index contributed by atoms with van der Waals surface area (Å²) in [5, 5.41) is 6.83. The van der Waals surface area contributed by atoms with Gasteiger partial charge in [0.05, 0.1) is 24.5 Å². The first-order valence-corrected chi connectivity index (χ1v) is 14.4. The molecule has 0 unspecified atom stereocenters. The van der Waals surface area contributed by atoms with Crippen molar-refractivity contribution >= 4 is 52.3 Å². The van der Waals surface area contributed by atoms with E-state index in [1.807, 2.05) is 40.9 Å². The van der Waals surface area contributed by atoms with Crippen molar-refractivity contribution in [3.05, 3.63) is 77.0 Å². The van der Waals surface area contributed by atoms with Gasteiger partial charge in [0, 0.05) is 36.4 Å². The summed E-state index contributed by atoms with van der Waals surface area (Å²) in [6, 6.07) is 11.3. The Kier molecular flexibility index (Phi) is 6.53. The highest BCUT2D eigenvalue weighted by molar-refractivity contribution is 6.30. The smallest absolute Gasteiger partial charge is 0.247 e. The zero-order valence-corrected chi connectivity index (χ0v) is 23.7. The second-order valence-electron chi connectivity index (χ2n) is 11.3. The number of halogens is 1. The summed E-state index contributed by atoms with van der Waals surface area (Å²) in [5.74, 6) is 1.13. The fourth-order valence-electron chi connectivity index (χ4n) is 5.53. The number of hydrogen-bond donors (Lipinski definition) is 2. The van der Waals surface area contributed by atoms with Gasteiger partial charge in [-0.1, -0.05) is 23.7 Å². The molecule has 3 aliphatic rings. The van der Waals surface area contributed by atoms with Crippen LogP contribution in [0.15, 0.2) is 55.1 Å². The SMILES string of the molecule is CN1CC(=O)N(c2cc(C3CC3)cn3cc(CNc4cc(NC(=O)[C@H]5C[C@@H]5c5cccc(Cl)c5)ncn4)nc23)CC1=O. The van der Waals surface area contributed by atoms with E-state index in [9.17, 15) is 14.4 Å². The standard InChI is InChI=1S/C30H29ClN8O3/c1-37-14-28(41)39(15-27(37)40)24-8-19(17-5-6-17)12-38-13-21(35-29(24)38)11-32-25-10-26(34-16-33-25)36-30(42)23-9-22(23)18-3-2-4-20(31)7-18/h2-4,7-8,10,12-13,16-17,22-23H,5-6,9,11,14-15H2,1H3,(H2,32,33,34,36,42)/t22-,23+/m1/s1. The second kappa shape index (κ2) is 10.4. The maximum atomic E-state index is 12.9. The van der Waals surface area contributed by atoms with Crippen molar-refractivity contribution in [3.63, 3.8) is 0 Å². The van der Waals surface area contributed by atoms with Crippen LogP contribution < -0.4 is 15.5 Å². The number of nitrogens with one attached hydrogen (secondary N) is 2. The molecule has 1 aliphatic heterocycles. The van der Waals surface area contributed by atoms with Crippen LogP contribution in [0, 0.1) is 5.92 Å². The Labute approximate surface area is 246 Å². The maximum Gasteiger partial charge on any atom is 0.247 e. The minimum Gasteiger partial charge on any atom is -0.364 e. The zero-order chi connectivity index (χ0) is 29.0. The molecule has 0 radical (unpaired) electrons. The van der Waals surface area contributed by atoms with Crippen LogP contribution in [0.4, 0.5) is 17.3 Å². The molecular formula is C30H29ClN8O3. The highest BCUT2D eigenvalue weighted by Gasteiger charge is 2.44. The first-order valence-electron chi connectivity index (χ1n) is 14.0. The van der Waals surface area contributed by atoms with Crippen LogP contribution in [-0.4, -0.2) is 62.1 Å². The summed E-state index contributed by atoms with van der Waals surface area (Å²) < 4.78 is 1.94. The molecule has 2 N–H and O–H groups in total. The van der Waals surface area contributed by atoms with Crippen LogP contribution >= 0.6 is 11.6 Å². The number of aromatic nitrogens is 4. The Morgan fingerprint density at radius 1 is 1.02 bits per heavy atom. The van der Waals surface area contributed by atoms with Gasteiger partial charge in [0.2, 0.25) is 17.7 Å². The van der Waals surface area contributed by atoms with Crippen LogP contribution in [0.25, 0.3) is 5.65 Å². The summed E-state index contributed by atoms with van der Waals surface area (Å²) >= 11 is 6.11. The number of carbonyl (C=O) groups excluding carboxylic acids is 3. The van der Waals surface area contributed by atoms with Crippen LogP contribution in [-0.2, 0) is 20.9 Å². The fourth-order valence-corrected chi connectivity index (χ4v) is 5.73. The first-order chi connectivity index (χ1) is 20.3. The number of likely N-dealkylation sites (N-methyl/N-ethyl adjacent to an activating group) is 1. The monoisotopic (exact) mass is 584 g/mol. The normalized spacial score (nSPS) is 20.2. The molecule has 0 spiro atoms. The number of carbonyl (C=O) groups is 3. The zero-order valence-electron chi connectivity index (χ0n) is 23.0. The minimum atomic E-state index is -0.129. The van der Waals surface area contributed by atoms with E-state index in [4.69, 9.17) is 16.6 Å². The lowest BCUT2D eigenvalue weighted by atomic mass is 10.1. The molecule has 3 fully saturated rings. The lowest BCUT2D eigenvalue weighted by Crippen LogP contribution is -2.52. The number of rotatable bonds is 8. The van der Waals surface area contributed by atoms with Gasteiger partial charge in [-0.25, -0.2) is 15.0 Å². The Balaban J connectivity index is 1.05. The van der Waals surface area contributed by atoms with Crippen LogP contribution in [0.5, 0.6) is 0 Å². The van der Waals surface area contributed by atoms with Gasteiger partial charge in [0.1, 0.15) is 24.5 Å². The molecule has 2 saturated carbocycles. The highest BCUT2D eigenvalue weighted by atomic mass is 35.5. The molecule has 3 aromatic heterocycles. The summed E-state index contributed by atoms with van der Waals surface area (Å²) in [5.41, 5.74) is 4.22. The third-order valence-electron chi connectivity index (χ3n) is 8.11. The molecule has 4 heterocycles. The van der Waals surface area contributed by atoms with Gasteiger partial charge in [0.25, 0.3) is 0 Å². The Bertz CT molecular complexity index is 1730. The lowest BCUT2D eigenvalue weighted by molar-refractivity contribution is -0.136. The van der Waals surface area contributed by atoms with Crippen molar-refractivity contribution in [2.45, 2.75) is 37.6 Å². The van der Waals surface area contributed by atoms with E-state index < -0.39 is 0 Å². The third kappa shape index (κ3) is 5.27. The highest BCUT2D eigenvalue weighted by Crippen LogP contribution is 2.48. The number of fused-ring (bicyclic) bond motifs is 1. The summed E-state index contributed by atoms with van der Waals surface area (Å²) in [7, 11) is 1.64. The van der Waals surface area contributed by atoms with Gasteiger partial charge in [0.15, 0.2) is 5.65 Å². The molecule has 1 saturated heterocycles. The number of hydrogen-bond acceptors (Lipinski definition) is 7. The molecule has 42 heavy (non-hydrogen) atoms. The number of imidazole rings is 1. The van der Waals surface area contributed by atoms with Gasteiger partial charge in [-0.3, -0.25) is 19.3 Å². The molecule has 0 bridgehead atoms. The van der Waals surface area contributed by atoms with E-state index in [2.05, 4.69) is 26.8 Å². The number of piperazine rings is 1. The van der Waals surface area contributed by atoms with Gasteiger partial charge in [-0.05, 0) is 60.4 Å². The maximum absolute atomic E-state index is 12.9. The average molecular weight is 585 g/mol. The Morgan fingerprint density at radius 3 is 2.67 bits per heavy atom. The fraction of sp³-hybridized carbons (Fsp3) is 0.333. The van der Waals surface area contributed by atoms with E-state index in [-0.39, 0.29) is 42.6 Å². The van der Waals surface area contributed by atoms with E-state index >= 15 is 0 Å². The van der Waals surface area contributed by atoms with Gasteiger partial charge >= 0.3 is 0 Å². The largest absolute Gasteiger partial charge is 0.364 e. The van der Waals surface area contributed by atoms with Crippen LogP contribution in [0.2, 0.25) is 5.02 Å². The van der Waals surface area contributed by atoms with Crippen molar-refractivity contribution < 1.29 is 14.4 Å². The van der Waals surface area contributed by atoms with Gasteiger partial charge < -0.3 is 19.9 Å². The number of nitrogens with zero attached hydrogens (tertiary/aromatic N) is 6. The molecule has 2 aliphatic carbocycles. The predicted octanol–water partition coefficient (Wildman–Crippen LogP) is 3.81. The number of benzene rings is 1. The molecule has 7 rings (SSSR count). The molecule has 4 aromatic rings. The molecule has 1 aromatic carbocycles. The van der Waals surface area contributed by atoms with E-state index in [1.54, 1.807) is 18.0 Å². The van der Waals surface area contributed by atoms with E-state index in [0.29, 0.717) is 40.5 Å². The van der Waals surface area contributed by atoms with Crippen molar-refractivity contribution in [1.29, 1.82) is 0 Å². The molecule has 214 valence electrons. The van der Waals surface area contributed by atoms with Gasteiger partial charge in [-0.15, -0.1) is 0 Å². The van der Waals surface area contributed by atoms with Crippen molar-refractivity contribution in [3.8, 4) is 0 Å². The molecule has 2 atom stereocenters. The van der Waals surface area contributed by atoms with Crippen molar-refractivity contribution in [2.75, 3.05) is 35.7 Å². The molecule has 11 nitrogen and oxygen atoms in total. The summed E-state index contributed by atoms with van der Waals surface area (Å²) in [6.45, 7) is 0.400. The molecular weight excluding hydrogens is 556 g/mol. The van der Waals surface area contributed by atoms with Crippen molar-refractivity contribution in [2.24, 2.45) is 5.92 Å². The number of anilines is 3. The van der Waals surface area contributed by atoms with Crippen LogP contribution in [0.1, 0.15) is 47.9 Å². The topological polar surface area (TPSA) is 125 Å². The van der Waals surface area contributed by atoms with Crippen molar-refractivity contribution in [1.82, 2.24) is 24.3 Å². The number of pyridine rings is 1. The second-order valence-corrected chi connectivity index (χ2v) is 11.7. The first kappa shape index (κ1) is 26.4. The van der Waals surface area contributed by atoms with Gasteiger partial charge in [-0.2, -0.15) is 0 Å². The quantitative estimate of drug-likeness (QED) is 0.323. The van der Waals surface area contributed by atoms with Crippen LogP contribution in [0.3, 0.4) is 0 Å². The Hall–Kier alpha value is -4.51. The minimum absolute atomic E-state index is 0.00428. The van der Waals surface area contributed by atoms with E-state index in [1.165, 1.54) is 11.2 Å². The van der Waals surface area contributed by atoms with E-state index in [0.717, 1.165) is 36.1 Å². The Morgan fingerprint density at radius 2 is 1.86 bits per heavy atom. The lowest BCUT2D eigenvalue weighted by Gasteiger charge is -2.32. The summed E-state index contributed by atoms with van der Waals surface area (Å²) in [4.78, 5) is 54.5. The average Bonchev–Trinajstić information content (AvgIpc) is 3.90. The molecule has 3 amide bonds. The molecule has 12 heteroatoms. The number of amides is 3.